The first-order chi connectivity index (χ1) is 9.88. The minimum absolute atomic E-state index is 0.169. The number of aryl methyl sites for hydroxylation is 1. The van der Waals surface area contributed by atoms with E-state index in [9.17, 15) is 8.42 Å². The minimum atomic E-state index is -3.79. The van der Waals surface area contributed by atoms with E-state index in [-0.39, 0.29) is 4.90 Å². The first kappa shape index (κ1) is 13.8. The second kappa shape index (κ2) is 4.68. The van der Waals surface area contributed by atoms with E-state index in [1.165, 1.54) is 0 Å². The van der Waals surface area contributed by atoms with Gasteiger partial charge < -0.3 is 4.57 Å². The topological polar surface area (TPSA) is 95.8 Å². The standard InChI is InChI=1S/C13H15N5O2S/c1-9-13(21(14,19)20)11-5-3-4-6-12(11)18(9)8-10-7-17(2)16-15-10/h3-7H,8H2,1-2H3,(H2,14,19,20). The molecule has 1 aromatic carbocycles. The average molecular weight is 305 g/mol. The molecule has 7 nitrogen and oxygen atoms in total. The SMILES string of the molecule is Cc1c(S(N)(=O)=O)c2ccccc2n1Cc1cn(C)nn1. The molecule has 0 unspecified atom stereocenters. The molecule has 0 radical (unpaired) electrons. The van der Waals surface area contributed by atoms with Gasteiger partial charge in [0.2, 0.25) is 10.0 Å². The van der Waals surface area contributed by atoms with Gasteiger partial charge in [-0.1, -0.05) is 23.4 Å². The Morgan fingerprint density at radius 1 is 1.29 bits per heavy atom. The summed E-state index contributed by atoms with van der Waals surface area (Å²) in [4.78, 5) is 0.169. The fourth-order valence-electron chi connectivity index (χ4n) is 2.59. The molecule has 2 N–H and O–H groups in total. The van der Waals surface area contributed by atoms with Gasteiger partial charge in [-0.3, -0.25) is 4.68 Å². The lowest BCUT2D eigenvalue weighted by Gasteiger charge is -2.05. The first-order valence-corrected chi connectivity index (χ1v) is 7.88. The Bertz CT molecular complexity index is 923. The zero-order chi connectivity index (χ0) is 15.2. The van der Waals surface area contributed by atoms with Gasteiger partial charge in [-0.15, -0.1) is 5.10 Å². The molecular weight excluding hydrogens is 290 g/mol. The fraction of sp³-hybridized carbons (Fsp3) is 0.231. The Labute approximate surface area is 122 Å². The third kappa shape index (κ3) is 2.32. The minimum Gasteiger partial charge on any atom is -0.337 e. The van der Waals surface area contributed by atoms with E-state index in [1.54, 1.807) is 37.0 Å². The largest absolute Gasteiger partial charge is 0.337 e. The summed E-state index contributed by atoms with van der Waals surface area (Å²) in [5.74, 6) is 0. The van der Waals surface area contributed by atoms with Crippen LogP contribution in [0.3, 0.4) is 0 Å². The van der Waals surface area contributed by atoms with Crippen molar-refractivity contribution >= 4 is 20.9 Å². The summed E-state index contributed by atoms with van der Waals surface area (Å²) in [5.41, 5.74) is 2.16. The van der Waals surface area contributed by atoms with Gasteiger partial charge in [0.05, 0.1) is 6.54 Å². The van der Waals surface area contributed by atoms with Crippen LogP contribution in [0.5, 0.6) is 0 Å². The fourth-order valence-corrected chi connectivity index (χ4v) is 3.59. The number of fused-ring (bicyclic) bond motifs is 1. The molecular formula is C13H15N5O2S. The summed E-state index contributed by atoms with van der Waals surface area (Å²) >= 11 is 0. The third-order valence-corrected chi connectivity index (χ3v) is 4.51. The molecule has 0 amide bonds. The molecule has 21 heavy (non-hydrogen) atoms. The van der Waals surface area contributed by atoms with Crippen LogP contribution in [0.15, 0.2) is 35.4 Å². The predicted molar refractivity (Wildman–Crippen MR) is 78.2 cm³/mol. The monoisotopic (exact) mass is 305 g/mol. The molecule has 0 saturated heterocycles. The van der Waals surface area contributed by atoms with E-state index in [0.717, 1.165) is 11.2 Å². The van der Waals surface area contributed by atoms with E-state index >= 15 is 0 Å². The number of rotatable bonds is 3. The molecule has 0 aliphatic rings. The van der Waals surface area contributed by atoms with Crippen molar-refractivity contribution in [3.05, 3.63) is 41.9 Å². The Morgan fingerprint density at radius 3 is 2.62 bits per heavy atom. The average Bonchev–Trinajstić information content (AvgIpc) is 2.92. The molecule has 0 fully saturated rings. The Morgan fingerprint density at radius 2 is 2.00 bits per heavy atom. The highest BCUT2D eigenvalue weighted by Crippen LogP contribution is 2.29. The number of benzene rings is 1. The van der Waals surface area contributed by atoms with E-state index in [0.29, 0.717) is 17.6 Å². The van der Waals surface area contributed by atoms with E-state index in [1.807, 2.05) is 16.7 Å². The van der Waals surface area contributed by atoms with Crippen molar-refractivity contribution in [2.45, 2.75) is 18.4 Å². The van der Waals surface area contributed by atoms with E-state index in [4.69, 9.17) is 5.14 Å². The Kier molecular flexibility index (Phi) is 3.07. The maximum Gasteiger partial charge on any atom is 0.240 e. The summed E-state index contributed by atoms with van der Waals surface area (Å²) < 4.78 is 27.2. The van der Waals surface area contributed by atoms with E-state index < -0.39 is 10.0 Å². The van der Waals surface area contributed by atoms with Crippen LogP contribution in [0.25, 0.3) is 10.9 Å². The van der Waals surface area contributed by atoms with Crippen LogP contribution >= 0.6 is 0 Å². The molecule has 0 atom stereocenters. The van der Waals surface area contributed by atoms with Crippen molar-refractivity contribution < 1.29 is 8.42 Å². The second-order valence-electron chi connectivity index (χ2n) is 4.95. The van der Waals surface area contributed by atoms with Gasteiger partial charge in [-0.25, -0.2) is 13.6 Å². The number of para-hydroxylation sites is 1. The zero-order valence-electron chi connectivity index (χ0n) is 11.7. The van der Waals surface area contributed by atoms with Gasteiger partial charge in [0.1, 0.15) is 10.6 Å². The van der Waals surface area contributed by atoms with Gasteiger partial charge in [0.15, 0.2) is 0 Å². The summed E-state index contributed by atoms with van der Waals surface area (Å²) in [6, 6.07) is 7.29. The van der Waals surface area contributed by atoms with Crippen LogP contribution in [0.1, 0.15) is 11.4 Å². The highest BCUT2D eigenvalue weighted by Gasteiger charge is 2.22. The second-order valence-corrected chi connectivity index (χ2v) is 6.44. The lowest BCUT2D eigenvalue weighted by atomic mass is 10.2. The van der Waals surface area contributed by atoms with Crippen LogP contribution in [0, 0.1) is 6.92 Å². The highest BCUT2D eigenvalue weighted by atomic mass is 32.2. The maximum atomic E-state index is 11.9. The quantitative estimate of drug-likeness (QED) is 0.773. The summed E-state index contributed by atoms with van der Waals surface area (Å²) in [5, 5.41) is 13.9. The van der Waals surface area contributed by atoms with Crippen LogP contribution in [-0.2, 0) is 23.6 Å². The molecule has 0 spiro atoms. The van der Waals surface area contributed by atoms with Crippen LogP contribution in [0.2, 0.25) is 0 Å². The lowest BCUT2D eigenvalue weighted by Crippen LogP contribution is -2.14. The first-order valence-electron chi connectivity index (χ1n) is 6.34. The number of hydrogen-bond acceptors (Lipinski definition) is 4. The molecule has 0 aliphatic carbocycles. The number of sulfonamides is 1. The van der Waals surface area contributed by atoms with E-state index in [2.05, 4.69) is 10.3 Å². The lowest BCUT2D eigenvalue weighted by molar-refractivity contribution is 0.597. The Hall–Kier alpha value is -2.19. The van der Waals surface area contributed by atoms with Gasteiger partial charge >= 0.3 is 0 Å². The maximum absolute atomic E-state index is 11.9. The molecule has 0 bridgehead atoms. The number of aromatic nitrogens is 4. The van der Waals surface area contributed by atoms with Crippen molar-refractivity contribution in [2.24, 2.45) is 12.2 Å². The normalized spacial score (nSPS) is 12.1. The third-order valence-electron chi connectivity index (χ3n) is 3.43. The summed E-state index contributed by atoms with van der Waals surface area (Å²) in [6.45, 7) is 2.19. The Balaban J connectivity index is 2.25. The number of nitrogens with two attached hydrogens (primary N) is 1. The van der Waals surface area contributed by atoms with Gasteiger partial charge in [0.25, 0.3) is 0 Å². The molecule has 0 saturated carbocycles. The number of primary sulfonamides is 1. The molecule has 0 aliphatic heterocycles. The molecule has 3 rings (SSSR count). The molecule has 2 heterocycles. The molecule has 3 aromatic rings. The predicted octanol–water partition coefficient (Wildman–Crippen LogP) is 0.774. The van der Waals surface area contributed by atoms with Gasteiger partial charge in [0, 0.05) is 29.8 Å². The smallest absolute Gasteiger partial charge is 0.240 e. The summed E-state index contributed by atoms with van der Waals surface area (Å²) in [6.07, 6.45) is 1.80. The zero-order valence-corrected chi connectivity index (χ0v) is 12.5. The van der Waals surface area contributed by atoms with Crippen molar-refractivity contribution in [1.82, 2.24) is 19.6 Å². The van der Waals surface area contributed by atoms with Crippen LogP contribution in [0.4, 0.5) is 0 Å². The van der Waals surface area contributed by atoms with Crippen molar-refractivity contribution in [2.75, 3.05) is 0 Å². The summed E-state index contributed by atoms with van der Waals surface area (Å²) in [7, 11) is -2.00. The highest BCUT2D eigenvalue weighted by molar-refractivity contribution is 7.89. The van der Waals surface area contributed by atoms with Crippen LogP contribution < -0.4 is 5.14 Å². The molecule has 8 heteroatoms. The van der Waals surface area contributed by atoms with Gasteiger partial charge in [-0.2, -0.15) is 0 Å². The molecule has 2 aromatic heterocycles. The van der Waals surface area contributed by atoms with Crippen molar-refractivity contribution in [3.8, 4) is 0 Å². The van der Waals surface area contributed by atoms with Crippen LogP contribution in [-0.4, -0.2) is 28.0 Å². The van der Waals surface area contributed by atoms with Crippen molar-refractivity contribution in [1.29, 1.82) is 0 Å². The number of nitrogens with zero attached hydrogens (tertiary/aromatic N) is 4. The molecule has 110 valence electrons. The van der Waals surface area contributed by atoms with Crippen molar-refractivity contribution in [3.63, 3.8) is 0 Å². The number of hydrogen-bond donors (Lipinski definition) is 1. The van der Waals surface area contributed by atoms with Gasteiger partial charge in [-0.05, 0) is 13.0 Å².